The molecule has 0 bridgehead atoms. The predicted octanol–water partition coefficient (Wildman–Crippen LogP) is 2.96. The molecule has 1 saturated heterocycles. The summed E-state index contributed by atoms with van der Waals surface area (Å²) in [5.74, 6) is -0.0544. The van der Waals surface area contributed by atoms with Crippen LogP contribution in [0.1, 0.15) is 12.0 Å². The molecule has 0 atom stereocenters. The van der Waals surface area contributed by atoms with Crippen molar-refractivity contribution in [1.82, 2.24) is 4.98 Å². The van der Waals surface area contributed by atoms with Gasteiger partial charge in [-0.05, 0) is 18.6 Å². The van der Waals surface area contributed by atoms with Gasteiger partial charge in [-0.1, -0.05) is 11.6 Å². The number of hydrogen-bond acceptors (Lipinski definition) is 2. The zero-order chi connectivity index (χ0) is 11.1. The Bertz CT molecular complexity index is 374. The Morgan fingerprint density at radius 3 is 2.40 bits per heavy atom. The van der Waals surface area contributed by atoms with Crippen molar-refractivity contribution in [1.29, 1.82) is 0 Å². The Morgan fingerprint density at radius 1 is 1.27 bits per heavy atom. The van der Waals surface area contributed by atoms with Crippen LogP contribution in [0.15, 0.2) is 12.1 Å². The SMILES string of the molecule is FC(F)(F)c1ccc(Cl)nc1N1CCC1. The van der Waals surface area contributed by atoms with Gasteiger partial charge in [-0.3, -0.25) is 0 Å². The van der Waals surface area contributed by atoms with Crippen LogP contribution in [0.3, 0.4) is 0 Å². The summed E-state index contributed by atoms with van der Waals surface area (Å²) < 4.78 is 37.8. The third kappa shape index (κ3) is 2.02. The van der Waals surface area contributed by atoms with Crippen LogP contribution in [0.4, 0.5) is 19.0 Å². The molecular formula is C9H8ClF3N2. The van der Waals surface area contributed by atoms with Crippen LogP contribution in [0.25, 0.3) is 0 Å². The van der Waals surface area contributed by atoms with E-state index in [-0.39, 0.29) is 11.0 Å². The second-order valence-corrected chi connectivity index (χ2v) is 3.73. The van der Waals surface area contributed by atoms with Crippen molar-refractivity contribution in [2.24, 2.45) is 0 Å². The third-order valence-electron chi connectivity index (χ3n) is 2.30. The summed E-state index contributed by atoms with van der Waals surface area (Å²) >= 11 is 5.59. The monoisotopic (exact) mass is 236 g/mol. The van der Waals surface area contributed by atoms with Crippen LogP contribution in [-0.2, 0) is 6.18 Å². The standard InChI is InChI=1S/C9H8ClF3N2/c10-7-3-2-6(9(11,12)13)8(14-7)15-4-1-5-15/h2-3H,1,4-5H2. The molecule has 0 saturated carbocycles. The van der Waals surface area contributed by atoms with Crippen molar-refractivity contribution < 1.29 is 13.2 Å². The number of nitrogens with zero attached hydrogens (tertiary/aromatic N) is 2. The van der Waals surface area contributed by atoms with Crippen molar-refractivity contribution in [3.63, 3.8) is 0 Å². The average molecular weight is 237 g/mol. The number of alkyl halides is 3. The minimum Gasteiger partial charge on any atom is -0.356 e. The maximum atomic E-state index is 12.6. The van der Waals surface area contributed by atoms with Gasteiger partial charge < -0.3 is 4.90 Å². The minimum absolute atomic E-state index is 0.0544. The average Bonchev–Trinajstić information content (AvgIpc) is 1.98. The first-order valence-corrected chi connectivity index (χ1v) is 4.85. The highest BCUT2D eigenvalue weighted by Crippen LogP contribution is 2.37. The normalized spacial score (nSPS) is 16.4. The Labute approximate surface area is 89.7 Å². The van der Waals surface area contributed by atoms with Crippen molar-refractivity contribution in [3.8, 4) is 0 Å². The third-order valence-corrected chi connectivity index (χ3v) is 2.51. The van der Waals surface area contributed by atoms with Gasteiger partial charge in [0.05, 0.1) is 5.56 Å². The second kappa shape index (κ2) is 3.56. The van der Waals surface area contributed by atoms with E-state index in [4.69, 9.17) is 11.6 Å². The molecule has 2 rings (SSSR count). The lowest BCUT2D eigenvalue weighted by atomic mass is 10.1. The van der Waals surface area contributed by atoms with Gasteiger partial charge in [0.1, 0.15) is 11.0 Å². The zero-order valence-corrected chi connectivity index (χ0v) is 8.44. The first-order chi connectivity index (χ1) is 6.98. The fourth-order valence-corrected chi connectivity index (χ4v) is 1.56. The first-order valence-electron chi connectivity index (χ1n) is 4.47. The molecule has 2 heterocycles. The molecule has 1 fully saturated rings. The number of hydrogen-bond donors (Lipinski definition) is 0. The fraction of sp³-hybridized carbons (Fsp3) is 0.444. The fourth-order valence-electron chi connectivity index (χ4n) is 1.42. The van der Waals surface area contributed by atoms with Crippen LogP contribution in [-0.4, -0.2) is 18.1 Å². The van der Waals surface area contributed by atoms with Gasteiger partial charge in [-0.15, -0.1) is 0 Å². The minimum atomic E-state index is -4.37. The molecule has 0 radical (unpaired) electrons. The van der Waals surface area contributed by atoms with Gasteiger partial charge in [-0.2, -0.15) is 13.2 Å². The van der Waals surface area contributed by atoms with Gasteiger partial charge in [0.15, 0.2) is 0 Å². The molecule has 15 heavy (non-hydrogen) atoms. The molecule has 0 spiro atoms. The summed E-state index contributed by atoms with van der Waals surface area (Å²) in [5.41, 5.74) is -0.716. The van der Waals surface area contributed by atoms with E-state index in [1.807, 2.05) is 0 Å². The van der Waals surface area contributed by atoms with E-state index in [0.29, 0.717) is 13.1 Å². The first kappa shape index (κ1) is 10.5. The number of pyridine rings is 1. The van der Waals surface area contributed by atoms with E-state index in [0.717, 1.165) is 18.6 Å². The molecule has 0 aliphatic carbocycles. The lowest BCUT2D eigenvalue weighted by Crippen LogP contribution is -2.39. The van der Waals surface area contributed by atoms with Crippen LogP contribution in [0.5, 0.6) is 0 Å². The summed E-state index contributed by atoms with van der Waals surface area (Å²) in [5, 5.41) is 0.0879. The van der Waals surface area contributed by atoms with Crippen molar-refractivity contribution in [2.75, 3.05) is 18.0 Å². The van der Waals surface area contributed by atoms with Gasteiger partial charge in [0, 0.05) is 13.1 Å². The highest BCUT2D eigenvalue weighted by Gasteiger charge is 2.36. The Hall–Kier alpha value is -0.970. The molecule has 1 aliphatic heterocycles. The van der Waals surface area contributed by atoms with Crippen molar-refractivity contribution in [2.45, 2.75) is 12.6 Å². The molecule has 2 nitrogen and oxygen atoms in total. The molecular weight excluding hydrogens is 229 g/mol. The predicted molar refractivity (Wildman–Crippen MR) is 51.1 cm³/mol. The van der Waals surface area contributed by atoms with Crippen LogP contribution >= 0.6 is 11.6 Å². The highest BCUT2D eigenvalue weighted by atomic mass is 35.5. The molecule has 0 unspecified atom stereocenters. The van der Waals surface area contributed by atoms with Crippen LogP contribution in [0, 0.1) is 0 Å². The summed E-state index contributed by atoms with van der Waals surface area (Å²) in [6, 6.07) is 2.14. The van der Waals surface area contributed by atoms with Crippen molar-refractivity contribution in [3.05, 3.63) is 22.8 Å². The smallest absolute Gasteiger partial charge is 0.356 e. The maximum absolute atomic E-state index is 12.6. The number of halogens is 4. The molecule has 1 aromatic rings. The van der Waals surface area contributed by atoms with E-state index in [1.54, 1.807) is 4.90 Å². The second-order valence-electron chi connectivity index (χ2n) is 3.34. The van der Waals surface area contributed by atoms with Gasteiger partial charge in [0.2, 0.25) is 0 Å². The molecule has 1 aromatic heterocycles. The Morgan fingerprint density at radius 2 is 1.93 bits per heavy atom. The quantitative estimate of drug-likeness (QED) is 0.697. The summed E-state index contributed by atoms with van der Waals surface area (Å²) in [6.07, 6.45) is -3.48. The van der Waals surface area contributed by atoms with Gasteiger partial charge >= 0.3 is 6.18 Å². The Balaban J connectivity index is 2.44. The van der Waals surface area contributed by atoms with Gasteiger partial charge in [0.25, 0.3) is 0 Å². The largest absolute Gasteiger partial charge is 0.419 e. The summed E-state index contributed by atoms with van der Waals surface area (Å²) in [4.78, 5) is 5.31. The zero-order valence-electron chi connectivity index (χ0n) is 7.68. The number of aromatic nitrogens is 1. The van der Waals surface area contributed by atoms with E-state index in [2.05, 4.69) is 4.98 Å². The highest BCUT2D eigenvalue weighted by molar-refractivity contribution is 6.29. The van der Waals surface area contributed by atoms with Crippen LogP contribution < -0.4 is 4.90 Å². The van der Waals surface area contributed by atoms with E-state index in [9.17, 15) is 13.2 Å². The molecule has 0 aromatic carbocycles. The van der Waals surface area contributed by atoms with Crippen LogP contribution in [0.2, 0.25) is 5.15 Å². The number of anilines is 1. The Kier molecular flexibility index (Phi) is 2.50. The molecule has 0 amide bonds. The van der Waals surface area contributed by atoms with E-state index in [1.165, 1.54) is 0 Å². The molecule has 0 N–H and O–H groups in total. The lowest BCUT2D eigenvalue weighted by Gasteiger charge is -2.33. The molecule has 82 valence electrons. The summed E-state index contributed by atoms with van der Waals surface area (Å²) in [7, 11) is 0. The van der Waals surface area contributed by atoms with Crippen molar-refractivity contribution >= 4 is 17.4 Å². The van der Waals surface area contributed by atoms with E-state index >= 15 is 0 Å². The molecule has 1 aliphatic rings. The lowest BCUT2D eigenvalue weighted by molar-refractivity contribution is -0.137. The van der Waals surface area contributed by atoms with E-state index < -0.39 is 11.7 Å². The topological polar surface area (TPSA) is 16.1 Å². The summed E-state index contributed by atoms with van der Waals surface area (Å²) in [6.45, 7) is 1.22. The van der Waals surface area contributed by atoms with Gasteiger partial charge in [-0.25, -0.2) is 4.98 Å². The number of rotatable bonds is 1. The maximum Gasteiger partial charge on any atom is 0.419 e. The molecule has 6 heteroatoms.